The van der Waals surface area contributed by atoms with Crippen molar-refractivity contribution in [3.05, 3.63) is 28.3 Å². The number of carbonyl (C=O) groups is 2. The van der Waals surface area contributed by atoms with Gasteiger partial charge >= 0.3 is 12.0 Å². The molecule has 0 bridgehead atoms. The monoisotopic (exact) mass is 403 g/mol. The van der Waals surface area contributed by atoms with Gasteiger partial charge in [0.1, 0.15) is 0 Å². The molecule has 1 saturated heterocycles. The van der Waals surface area contributed by atoms with Crippen molar-refractivity contribution in [3.8, 4) is 0 Å². The highest BCUT2D eigenvalue weighted by molar-refractivity contribution is 7.98. The van der Waals surface area contributed by atoms with Crippen molar-refractivity contribution in [2.45, 2.75) is 56.6 Å². The van der Waals surface area contributed by atoms with Gasteiger partial charge < -0.3 is 10.1 Å². The van der Waals surface area contributed by atoms with E-state index in [1.807, 2.05) is 0 Å². The number of urea groups is 1. The van der Waals surface area contributed by atoms with Gasteiger partial charge in [-0.1, -0.05) is 6.07 Å². The van der Waals surface area contributed by atoms with Gasteiger partial charge in [0.25, 0.3) is 0 Å². The molecule has 1 heterocycles. The van der Waals surface area contributed by atoms with Crippen molar-refractivity contribution in [1.82, 2.24) is 9.62 Å². The molecule has 0 radical (unpaired) electrons. The van der Waals surface area contributed by atoms with Crippen LogP contribution in [0.15, 0.2) is 6.07 Å². The molecular weight excluding hydrogens is 374 g/mol. The van der Waals surface area contributed by atoms with Crippen molar-refractivity contribution in [2.24, 2.45) is 0 Å². The van der Waals surface area contributed by atoms with E-state index in [4.69, 9.17) is 4.74 Å². The molecule has 1 fully saturated rings. The summed E-state index contributed by atoms with van der Waals surface area (Å²) >= 11 is 1.51. The molecule has 2 N–H and O–H groups in total. The zero-order chi connectivity index (χ0) is 19.5. The van der Waals surface area contributed by atoms with E-state index in [9.17, 15) is 9.59 Å². The molecule has 0 atom stereocenters. The number of benzene rings is 1. The second kappa shape index (κ2) is 8.74. The van der Waals surface area contributed by atoms with Gasteiger partial charge in [-0.05, 0) is 98.7 Å². The lowest BCUT2D eigenvalue weighted by atomic mass is 9.99. The highest BCUT2D eigenvalue weighted by atomic mass is 32.2. The van der Waals surface area contributed by atoms with Gasteiger partial charge in [-0.3, -0.25) is 14.4 Å². The van der Waals surface area contributed by atoms with Crippen molar-refractivity contribution in [1.29, 1.82) is 0 Å². The molecule has 2 aliphatic carbocycles. The topological polar surface area (TPSA) is 70.7 Å². The maximum absolute atomic E-state index is 12.6. The SMILES string of the molecule is COC(=O)CN1CCC(SNC(=O)Nc2c3c(cc4c2CCC4)CCC3)CC1. The number of hydrogen-bond acceptors (Lipinski definition) is 5. The fourth-order valence-corrected chi connectivity index (χ4v) is 5.45. The van der Waals surface area contributed by atoms with Crippen LogP contribution in [-0.4, -0.2) is 48.9 Å². The number of carbonyl (C=O) groups excluding carboxylic acids is 2. The fourth-order valence-electron chi connectivity index (χ4n) is 4.68. The Hall–Kier alpha value is -1.73. The first kappa shape index (κ1) is 19.6. The maximum atomic E-state index is 12.6. The van der Waals surface area contributed by atoms with E-state index in [2.05, 4.69) is 21.0 Å². The summed E-state index contributed by atoms with van der Waals surface area (Å²) in [5.74, 6) is -0.188. The average Bonchev–Trinajstić information content (AvgIpc) is 3.36. The lowest BCUT2D eigenvalue weighted by molar-refractivity contribution is -0.142. The Morgan fingerprint density at radius 3 is 2.36 bits per heavy atom. The number of nitrogens with one attached hydrogen (secondary N) is 2. The molecular formula is C21H29N3O3S. The van der Waals surface area contributed by atoms with E-state index in [1.54, 1.807) is 0 Å². The Balaban J connectivity index is 1.29. The predicted octanol–water partition coefficient (Wildman–Crippen LogP) is 3.07. The predicted molar refractivity (Wildman–Crippen MR) is 112 cm³/mol. The summed E-state index contributed by atoms with van der Waals surface area (Å²) < 4.78 is 7.73. The summed E-state index contributed by atoms with van der Waals surface area (Å²) in [6.45, 7) is 2.07. The first-order valence-electron chi connectivity index (χ1n) is 10.3. The second-order valence-corrected chi connectivity index (χ2v) is 9.07. The van der Waals surface area contributed by atoms with Crippen LogP contribution >= 0.6 is 11.9 Å². The number of amides is 2. The van der Waals surface area contributed by atoms with Crippen LogP contribution in [0.3, 0.4) is 0 Å². The lowest BCUT2D eigenvalue weighted by Crippen LogP contribution is -2.39. The highest BCUT2D eigenvalue weighted by Crippen LogP contribution is 2.38. The summed E-state index contributed by atoms with van der Waals surface area (Å²) in [6.07, 6.45) is 8.71. The lowest BCUT2D eigenvalue weighted by Gasteiger charge is -2.30. The maximum Gasteiger partial charge on any atom is 0.329 e. The van der Waals surface area contributed by atoms with E-state index in [-0.39, 0.29) is 12.0 Å². The third-order valence-corrected chi connectivity index (χ3v) is 7.25. The van der Waals surface area contributed by atoms with Gasteiger partial charge in [-0.2, -0.15) is 0 Å². The Labute approximate surface area is 170 Å². The number of hydrogen-bond donors (Lipinski definition) is 2. The smallest absolute Gasteiger partial charge is 0.329 e. The van der Waals surface area contributed by atoms with Crippen molar-refractivity contribution in [3.63, 3.8) is 0 Å². The van der Waals surface area contributed by atoms with Crippen LogP contribution in [0.2, 0.25) is 0 Å². The minimum atomic E-state index is -0.188. The summed E-state index contributed by atoms with van der Waals surface area (Å²) in [7, 11) is 1.42. The van der Waals surface area contributed by atoms with Crippen LogP contribution in [0.1, 0.15) is 47.9 Å². The number of anilines is 1. The van der Waals surface area contributed by atoms with E-state index in [0.717, 1.165) is 57.3 Å². The zero-order valence-electron chi connectivity index (χ0n) is 16.5. The first-order valence-corrected chi connectivity index (χ1v) is 11.2. The molecule has 0 saturated carbocycles. The molecule has 2 amide bonds. The van der Waals surface area contributed by atoms with Gasteiger partial charge in [0, 0.05) is 10.9 Å². The summed E-state index contributed by atoms with van der Waals surface area (Å²) in [5.41, 5.74) is 6.67. The van der Waals surface area contributed by atoms with Gasteiger partial charge in [0.2, 0.25) is 0 Å². The van der Waals surface area contributed by atoms with Gasteiger partial charge in [-0.25, -0.2) is 4.79 Å². The molecule has 152 valence electrons. The fraction of sp³-hybridized carbons (Fsp3) is 0.619. The summed E-state index contributed by atoms with van der Waals surface area (Å²) in [6, 6.07) is 2.27. The normalized spacial score (nSPS) is 19.2. The van der Waals surface area contributed by atoms with Crippen LogP contribution in [0.4, 0.5) is 10.5 Å². The molecule has 0 spiro atoms. The van der Waals surface area contributed by atoms with Crippen LogP contribution < -0.4 is 10.0 Å². The Kier molecular flexibility index (Phi) is 6.11. The highest BCUT2D eigenvalue weighted by Gasteiger charge is 2.26. The third-order valence-electron chi connectivity index (χ3n) is 6.14. The van der Waals surface area contributed by atoms with E-state index < -0.39 is 0 Å². The second-order valence-electron chi connectivity index (χ2n) is 7.96. The largest absolute Gasteiger partial charge is 0.468 e. The first-order chi connectivity index (χ1) is 13.6. The number of aryl methyl sites for hydroxylation is 2. The Bertz CT molecular complexity index is 728. The van der Waals surface area contributed by atoms with Crippen molar-refractivity contribution < 1.29 is 14.3 Å². The number of methoxy groups -OCH3 is 1. The molecule has 0 aromatic heterocycles. The Morgan fingerprint density at radius 2 is 1.75 bits per heavy atom. The Morgan fingerprint density at radius 1 is 1.11 bits per heavy atom. The minimum Gasteiger partial charge on any atom is -0.468 e. The van der Waals surface area contributed by atoms with E-state index in [1.165, 1.54) is 54.2 Å². The minimum absolute atomic E-state index is 0.114. The van der Waals surface area contributed by atoms with Crippen LogP contribution in [0, 0.1) is 0 Å². The third kappa shape index (κ3) is 4.30. The molecule has 6 nitrogen and oxygen atoms in total. The van der Waals surface area contributed by atoms with Gasteiger partial charge in [0.15, 0.2) is 0 Å². The standard InChI is InChI=1S/C21H29N3O3S/c1-27-19(25)13-24-10-8-16(9-11-24)28-23-21(26)22-20-17-6-2-4-14(17)12-15-5-3-7-18(15)20/h12,16H,2-11,13H2,1H3,(H2,22,23,26). The van der Waals surface area contributed by atoms with E-state index >= 15 is 0 Å². The van der Waals surface area contributed by atoms with Crippen LogP contribution in [0.25, 0.3) is 0 Å². The number of piperidine rings is 1. The van der Waals surface area contributed by atoms with Gasteiger partial charge in [-0.15, -0.1) is 0 Å². The number of fused-ring (bicyclic) bond motifs is 2. The number of nitrogens with zero attached hydrogens (tertiary/aromatic N) is 1. The van der Waals surface area contributed by atoms with Gasteiger partial charge in [0.05, 0.1) is 13.7 Å². The number of ether oxygens (including phenoxy) is 1. The molecule has 0 unspecified atom stereocenters. The number of rotatable bonds is 5. The summed E-state index contributed by atoms with van der Waals surface area (Å²) in [5, 5.41) is 3.56. The number of likely N-dealkylation sites (tertiary alicyclic amines) is 1. The van der Waals surface area contributed by atoms with E-state index in [0.29, 0.717) is 11.8 Å². The molecule has 1 aromatic carbocycles. The molecule has 1 aliphatic heterocycles. The molecule has 4 rings (SSSR count). The molecule has 1 aromatic rings. The van der Waals surface area contributed by atoms with Crippen molar-refractivity contribution >= 4 is 29.6 Å². The van der Waals surface area contributed by atoms with Crippen molar-refractivity contribution in [2.75, 3.05) is 32.1 Å². The quantitative estimate of drug-likeness (QED) is 0.584. The average molecular weight is 404 g/mol. The molecule has 28 heavy (non-hydrogen) atoms. The van der Waals surface area contributed by atoms with Crippen LogP contribution in [-0.2, 0) is 35.2 Å². The molecule has 7 heteroatoms. The number of esters is 1. The van der Waals surface area contributed by atoms with Crippen LogP contribution in [0.5, 0.6) is 0 Å². The zero-order valence-corrected chi connectivity index (χ0v) is 17.3. The summed E-state index contributed by atoms with van der Waals surface area (Å²) in [4.78, 5) is 26.1. The molecule has 3 aliphatic rings.